The number of hydrogen-bond donors (Lipinski definition) is 1. The molecule has 0 heterocycles. The summed E-state index contributed by atoms with van der Waals surface area (Å²) in [6.45, 7) is 7.07. The number of aliphatic hydroxyl groups is 1. The van der Waals surface area contributed by atoms with Gasteiger partial charge in [-0.1, -0.05) is 159 Å². The average molecular weight is 757 g/mol. The van der Waals surface area contributed by atoms with Gasteiger partial charge < -0.3 is 24.1 Å². The van der Waals surface area contributed by atoms with Gasteiger partial charge in [-0.25, -0.2) is 0 Å². The molecule has 3 aromatic carbocycles. The molecule has 0 aliphatic heterocycles. The van der Waals surface area contributed by atoms with Crippen molar-refractivity contribution in [1.82, 2.24) is 0 Å². The van der Waals surface area contributed by atoms with Crippen molar-refractivity contribution >= 4 is 18.0 Å². The fourth-order valence-corrected chi connectivity index (χ4v) is 6.50. The number of unbranched alkanes of at least 4 members (excludes halogenated alkanes) is 16. The van der Waals surface area contributed by atoms with Gasteiger partial charge in [0.25, 0.3) is 0 Å². The summed E-state index contributed by atoms with van der Waals surface area (Å²) >= 11 is 0. The van der Waals surface area contributed by atoms with Gasteiger partial charge in [0.2, 0.25) is 0 Å². The van der Waals surface area contributed by atoms with Crippen LogP contribution in [0.3, 0.4) is 0 Å². The van der Waals surface area contributed by atoms with Gasteiger partial charge >= 0.3 is 11.9 Å². The molecule has 0 radical (unpaired) electrons. The molecule has 0 aliphatic rings. The highest BCUT2D eigenvalue weighted by molar-refractivity contribution is 5.73. The van der Waals surface area contributed by atoms with Crippen molar-refractivity contribution < 1.29 is 33.6 Å². The lowest BCUT2D eigenvalue weighted by Gasteiger charge is -2.16. The lowest BCUT2D eigenvalue weighted by Crippen LogP contribution is -2.08. The van der Waals surface area contributed by atoms with Gasteiger partial charge in [-0.05, 0) is 49.6 Å². The van der Waals surface area contributed by atoms with Gasteiger partial charge in [0.1, 0.15) is 35.7 Å². The van der Waals surface area contributed by atoms with Gasteiger partial charge in [-0.2, -0.15) is 0 Å². The average Bonchev–Trinajstić information content (AvgIpc) is 3.19. The fourth-order valence-electron chi connectivity index (χ4n) is 6.50. The Hall–Kier alpha value is -4.10. The monoisotopic (exact) mass is 756 g/mol. The second kappa shape index (κ2) is 28.3. The minimum Gasteiger partial charge on any atom is -0.493 e. The third-order valence-corrected chi connectivity index (χ3v) is 9.72. The molecule has 0 saturated heterocycles. The second-order valence-electron chi connectivity index (χ2n) is 14.5. The number of benzene rings is 3. The van der Waals surface area contributed by atoms with E-state index in [0.29, 0.717) is 48.0 Å². The van der Waals surface area contributed by atoms with Crippen LogP contribution in [0.15, 0.2) is 72.8 Å². The zero-order valence-electron chi connectivity index (χ0n) is 34.0. The molecule has 302 valence electrons. The van der Waals surface area contributed by atoms with E-state index in [1.807, 2.05) is 43.3 Å². The van der Waals surface area contributed by atoms with Crippen LogP contribution in [0.2, 0.25) is 0 Å². The second-order valence-corrected chi connectivity index (χ2v) is 14.5. The predicted molar refractivity (Wildman–Crippen MR) is 224 cm³/mol. The summed E-state index contributed by atoms with van der Waals surface area (Å²) in [7, 11) is 0. The molecule has 1 atom stereocenters. The van der Waals surface area contributed by atoms with Crippen molar-refractivity contribution in [1.29, 1.82) is 0 Å². The smallest absolute Gasteiger partial charge is 0.311 e. The van der Waals surface area contributed by atoms with Crippen LogP contribution in [-0.4, -0.2) is 23.7 Å². The zero-order chi connectivity index (χ0) is 39.4. The van der Waals surface area contributed by atoms with Crippen molar-refractivity contribution in [3.63, 3.8) is 0 Å². The highest BCUT2D eigenvalue weighted by atomic mass is 16.5. The van der Waals surface area contributed by atoms with Crippen LogP contribution < -0.4 is 18.9 Å². The Bertz CT molecular complexity index is 1520. The summed E-state index contributed by atoms with van der Waals surface area (Å²) < 4.78 is 23.4. The number of esters is 2. The minimum atomic E-state index is -1.03. The van der Waals surface area contributed by atoms with Gasteiger partial charge in [0, 0.05) is 36.1 Å². The molecule has 3 aromatic rings. The molecule has 0 spiro atoms. The van der Waals surface area contributed by atoms with Gasteiger partial charge in [-0.15, -0.1) is 0 Å². The van der Waals surface area contributed by atoms with Crippen molar-refractivity contribution in [2.75, 3.05) is 6.61 Å². The van der Waals surface area contributed by atoms with E-state index < -0.39 is 6.10 Å². The highest BCUT2D eigenvalue weighted by Gasteiger charge is 2.16. The molecule has 0 fully saturated rings. The van der Waals surface area contributed by atoms with E-state index >= 15 is 0 Å². The summed E-state index contributed by atoms with van der Waals surface area (Å²) in [5, 5.41) is 11.4. The summed E-state index contributed by atoms with van der Waals surface area (Å²) in [4.78, 5) is 25.3. The third kappa shape index (κ3) is 19.4. The number of carbonyl (C=O) groups excluding carboxylic acids is 2. The standard InChI is InChI=1S/C48H68O7/c1-4-7-9-11-13-15-17-19-24-28-47(50)54-41-32-30-40(45(36-41)52-6-3)31-35-44(49)43-34-33-42(37-46(43)53-38-39-26-22-21-23-27-39)55-48(51)29-25-20-18-16-14-12-10-8-5-2/h21-23,26-27,30-37,44,49H,4-20,24-25,28-29,38H2,1-3H3. The first-order valence-corrected chi connectivity index (χ1v) is 21.3. The first kappa shape index (κ1) is 45.3. The number of rotatable bonds is 30. The molecule has 0 aromatic heterocycles. The van der Waals surface area contributed by atoms with E-state index in [1.54, 1.807) is 42.5 Å². The van der Waals surface area contributed by atoms with E-state index in [4.69, 9.17) is 18.9 Å². The molecule has 1 N–H and O–H groups in total. The van der Waals surface area contributed by atoms with E-state index in [-0.39, 0.29) is 18.5 Å². The first-order chi connectivity index (χ1) is 26.9. The Morgan fingerprint density at radius 1 is 0.582 bits per heavy atom. The lowest BCUT2D eigenvalue weighted by atomic mass is 10.1. The van der Waals surface area contributed by atoms with Crippen LogP contribution in [0.5, 0.6) is 23.0 Å². The van der Waals surface area contributed by atoms with E-state index in [0.717, 1.165) is 49.7 Å². The maximum atomic E-state index is 12.7. The molecular formula is C48H68O7. The number of ether oxygens (including phenoxy) is 4. The predicted octanol–water partition coefficient (Wildman–Crippen LogP) is 13.1. The molecule has 7 nitrogen and oxygen atoms in total. The van der Waals surface area contributed by atoms with E-state index in [9.17, 15) is 14.7 Å². The maximum Gasteiger partial charge on any atom is 0.311 e. The number of carbonyl (C=O) groups is 2. The summed E-state index contributed by atoms with van der Waals surface area (Å²) in [6, 6.07) is 20.2. The Kier molecular flexibility index (Phi) is 23.3. The van der Waals surface area contributed by atoms with Gasteiger partial charge in [0.05, 0.1) is 6.61 Å². The number of hydrogen-bond acceptors (Lipinski definition) is 7. The summed E-state index contributed by atoms with van der Waals surface area (Å²) in [5.74, 6) is 1.27. The highest BCUT2D eigenvalue weighted by Crippen LogP contribution is 2.33. The first-order valence-electron chi connectivity index (χ1n) is 21.3. The Balaban J connectivity index is 1.59. The van der Waals surface area contributed by atoms with Gasteiger partial charge in [0.15, 0.2) is 0 Å². The molecule has 3 rings (SSSR count). The Labute approximate surface area is 331 Å². The maximum absolute atomic E-state index is 12.7. The van der Waals surface area contributed by atoms with Gasteiger partial charge in [-0.3, -0.25) is 9.59 Å². The SMILES string of the molecule is CCCCCCCCCCCC(=O)Oc1ccc(C=CC(O)c2ccc(OC(=O)CCCCCCCCCCC)cc2OCc2ccccc2)c(OCC)c1. The van der Waals surface area contributed by atoms with Crippen LogP contribution in [0.4, 0.5) is 0 Å². The lowest BCUT2D eigenvalue weighted by molar-refractivity contribution is -0.135. The topological polar surface area (TPSA) is 91.3 Å². The Morgan fingerprint density at radius 3 is 1.60 bits per heavy atom. The van der Waals surface area contributed by atoms with Crippen molar-refractivity contribution in [2.24, 2.45) is 0 Å². The van der Waals surface area contributed by atoms with Crippen LogP contribution in [0, 0.1) is 0 Å². The molecule has 55 heavy (non-hydrogen) atoms. The molecule has 0 saturated carbocycles. The molecule has 1 unspecified atom stereocenters. The third-order valence-electron chi connectivity index (χ3n) is 9.72. The minimum absolute atomic E-state index is 0.246. The van der Waals surface area contributed by atoms with Crippen molar-refractivity contribution in [2.45, 2.75) is 162 Å². The van der Waals surface area contributed by atoms with Crippen molar-refractivity contribution in [3.05, 3.63) is 89.5 Å². The van der Waals surface area contributed by atoms with Crippen LogP contribution >= 0.6 is 0 Å². The largest absolute Gasteiger partial charge is 0.493 e. The molecular weight excluding hydrogens is 689 g/mol. The van der Waals surface area contributed by atoms with Crippen LogP contribution in [-0.2, 0) is 16.2 Å². The van der Waals surface area contributed by atoms with E-state index in [1.165, 1.54) is 77.0 Å². The molecule has 0 amide bonds. The quantitative estimate of drug-likeness (QED) is 0.0411. The van der Waals surface area contributed by atoms with Crippen LogP contribution in [0.1, 0.15) is 172 Å². The number of aliphatic hydroxyl groups excluding tert-OH is 1. The summed E-state index contributed by atoms with van der Waals surface area (Å²) in [5.41, 5.74) is 2.24. The van der Waals surface area contributed by atoms with Crippen LogP contribution in [0.25, 0.3) is 6.08 Å². The fraction of sp³-hybridized carbons (Fsp3) is 0.542. The zero-order valence-corrected chi connectivity index (χ0v) is 34.0. The molecule has 0 bridgehead atoms. The van der Waals surface area contributed by atoms with E-state index in [2.05, 4.69) is 13.8 Å². The summed E-state index contributed by atoms with van der Waals surface area (Å²) in [6.07, 6.45) is 24.5. The Morgan fingerprint density at radius 2 is 1.07 bits per heavy atom. The molecule has 7 heteroatoms. The normalized spacial score (nSPS) is 11.8. The van der Waals surface area contributed by atoms with Crippen molar-refractivity contribution in [3.8, 4) is 23.0 Å². The molecule has 0 aliphatic carbocycles.